The molecule has 1 nitrogen and oxygen atoms in total. The van der Waals surface area contributed by atoms with Gasteiger partial charge < -0.3 is 5.32 Å². The van der Waals surface area contributed by atoms with E-state index in [9.17, 15) is 0 Å². The van der Waals surface area contributed by atoms with Crippen LogP contribution in [0.15, 0.2) is 24.3 Å². The lowest BCUT2D eigenvalue weighted by molar-refractivity contribution is 0.461. The van der Waals surface area contributed by atoms with E-state index in [4.69, 9.17) is 0 Å². The van der Waals surface area contributed by atoms with E-state index in [0.717, 1.165) is 12.0 Å². The highest BCUT2D eigenvalue weighted by molar-refractivity contribution is 7.98. The van der Waals surface area contributed by atoms with E-state index in [-0.39, 0.29) is 0 Å². The summed E-state index contributed by atoms with van der Waals surface area (Å²) in [5.41, 5.74) is 2.97. The molecule has 1 N–H and O–H groups in total. The van der Waals surface area contributed by atoms with Crippen LogP contribution in [0.3, 0.4) is 0 Å². The van der Waals surface area contributed by atoms with E-state index >= 15 is 0 Å². The number of hydrogen-bond acceptors (Lipinski definition) is 2. The fraction of sp³-hybridized carbons (Fsp3) is 0.625. The van der Waals surface area contributed by atoms with Crippen LogP contribution in [0.2, 0.25) is 0 Å². The third-order valence-electron chi connectivity index (χ3n) is 3.77. The van der Waals surface area contributed by atoms with E-state index in [1.165, 1.54) is 49.1 Å². The van der Waals surface area contributed by atoms with Gasteiger partial charge in [-0.2, -0.15) is 11.8 Å². The number of thioether (sulfide) groups is 1. The van der Waals surface area contributed by atoms with Gasteiger partial charge in [-0.1, -0.05) is 24.3 Å². The summed E-state index contributed by atoms with van der Waals surface area (Å²) in [7, 11) is 0. The zero-order chi connectivity index (χ0) is 12.8. The summed E-state index contributed by atoms with van der Waals surface area (Å²) in [4.78, 5) is 0. The van der Waals surface area contributed by atoms with Crippen molar-refractivity contribution >= 4 is 11.8 Å². The minimum Gasteiger partial charge on any atom is -0.314 e. The SMILES string of the molecule is CSCCC(CNC1CC1)Cc1ccccc1C. The van der Waals surface area contributed by atoms with Crippen LogP contribution in [-0.4, -0.2) is 24.6 Å². The Morgan fingerprint density at radius 1 is 1.33 bits per heavy atom. The molecule has 0 bridgehead atoms. The highest BCUT2D eigenvalue weighted by Crippen LogP contribution is 2.21. The molecule has 2 heteroatoms. The standard InChI is InChI=1S/C16H25NS/c1-13-5-3-4-6-15(13)11-14(9-10-18-2)12-17-16-7-8-16/h3-6,14,16-17H,7-12H2,1-2H3. The van der Waals surface area contributed by atoms with Crippen molar-refractivity contribution in [2.45, 2.75) is 38.6 Å². The third kappa shape index (κ3) is 4.66. The second kappa shape index (κ2) is 7.20. The van der Waals surface area contributed by atoms with Crippen molar-refractivity contribution in [3.8, 4) is 0 Å². The maximum absolute atomic E-state index is 3.70. The monoisotopic (exact) mass is 263 g/mol. The molecule has 0 spiro atoms. The van der Waals surface area contributed by atoms with Gasteiger partial charge in [-0.15, -0.1) is 0 Å². The van der Waals surface area contributed by atoms with Crippen molar-refractivity contribution in [2.75, 3.05) is 18.6 Å². The van der Waals surface area contributed by atoms with Crippen LogP contribution < -0.4 is 5.32 Å². The molecule has 0 saturated heterocycles. The molecule has 18 heavy (non-hydrogen) atoms. The van der Waals surface area contributed by atoms with Gasteiger partial charge in [0, 0.05) is 6.04 Å². The van der Waals surface area contributed by atoms with Gasteiger partial charge in [0.2, 0.25) is 0 Å². The number of aryl methyl sites for hydroxylation is 1. The first-order valence-corrected chi connectivity index (χ1v) is 8.46. The van der Waals surface area contributed by atoms with Crippen molar-refractivity contribution < 1.29 is 0 Å². The Morgan fingerprint density at radius 3 is 2.78 bits per heavy atom. The van der Waals surface area contributed by atoms with Gasteiger partial charge >= 0.3 is 0 Å². The van der Waals surface area contributed by atoms with Crippen LogP contribution in [0.4, 0.5) is 0 Å². The zero-order valence-corrected chi connectivity index (χ0v) is 12.4. The molecule has 0 amide bonds. The number of benzene rings is 1. The summed E-state index contributed by atoms with van der Waals surface area (Å²) in [5, 5.41) is 3.70. The molecule has 1 aromatic carbocycles. The number of nitrogens with one attached hydrogen (secondary N) is 1. The van der Waals surface area contributed by atoms with E-state index < -0.39 is 0 Å². The van der Waals surface area contributed by atoms with Crippen LogP contribution in [0.25, 0.3) is 0 Å². The first-order chi connectivity index (χ1) is 8.79. The molecule has 1 aromatic rings. The van der Waals surface area contributed by atoms with Crippen molar-refractivity contribution in [2.24, 2.45) is 5.92 Å². The van der Waals surface area contributed by atoms with Crippen molar-refractivity contribution in [3.63, 3.8) is 0 Å². The minimum atomic E-state index is 0.791. The molecule has 100 valence electrons. The molecular formula is C16H25NS. The van der Waals surface area contributed by atoms with Gasteiger partial charge in [0.1, 0.15) is 0 Å². The maximum atomic E-state index is 3.70. The van der Waals surface area contributed by atoms with Crippen molar-refractivity contribution in [1.82, 2.24) is 5.32 Å². The van der Waals surface area contributed by atoms with Crippen LogP contribution in [0.1, 0.15) is 30.4 Å². The summed E-state index contributed by atoms with van der Waals surface area (Å²) in [6, 6.07) is 9.66. The van der Waals surface area contributed by atoms with Crippen molar-refractivity contribution in [3.05, 3.63) is 35.4 Å². The Morgan fingerprint density at radius 2 is 2.11 bits per heavy atom. The summed E-state index contributed by atoms with van der Waals surface area (Å²) in [6.07, 6.45) is 7.54. The smallest absolute Gasteiger partial charge is 0.00683 e. The second-order valence-corrected chi connectivity index (χ2v) is 6.45. The second-order valence-electron chi connectivity index (χ2n) is 5.46. The third-order valence-corrected chi connectivity index (χ3v) is 4.42. The van der Waals surface area contributed by atoms with Gasteiger partial charge in [-0.3, -0.25) is 0 Å². The molecule has 0 aromatic heterocycles. The van der Waals surface area contributed by atoms with Gasteiger partial charge in [0.05, 0.1) is 0 Å². The van der Waals surface area contributed by atoms with E-state index in [1.54, 1.807) is 0 Å². The largest absolute Gasteiger partial charge is 0.314 e. The Labute approximate surface area is 116 Å². The Bertz CT molecular complexity index is 360. The van der Waals surface area contributed by atoms with E-state index in [1.807, 2.05) is 11.8 Å². The van der Waals surface area contributed by atoms with Gasteiger partial charge in [0.25, 0.3) is 0 Å². The van der Waals surface area contributed by atoms with E-state index in [2.05, 4.69) is 42.8 Å². The van der Waals surface area contributed by atoms with Crippen LogP contribution in [0.5, 0.6) is 0 Å². The average Bonchev–Trinajstić information content (AvgIpc) is 3.19. The zero-order valence-electron chi connectivity index (χ0n) is 11.6. The molecule has 1 saturated carbocycles. The molecule has 0 heterocycles. The fourth-order valence-electron chi connectivity index (χ4n) is 2.33. The average molecular weight is 263 g/mol. The predicted molar refractivity (Wildman–Crippen MR) is 82.4 cm³/mol. The molecule has 0 radical (unpaired) electrons. The molecule has 2 rings (SSSR count). The lowest BCUT2D eigenvalue weighted by Crippen LogP contribution is -2.26. The predicted octanol–water partition coefficient (Wildman–Crippen LogP) is 3.66. The normalized spacial score (nSPS) is 16.8. The molecule has 1 unspecified atom stereocenters. The van der Waals surface area contributed by atoms with Crippen molar-refractivity contribution in [1.29, 1.82) is 0 Å². The summed E-state index contributed by atoms with van der Waals surface area (Å²) < 4.78 is 0. The first-order valence-electron chi connectivity index (χ1n) is 7.06. The van der Waals surface area contributed by atoms with Gasteiger partial charge in [-0.25, -0.2) is 0 Å². The molecule has 1 aliphatic rings. The molecular weight excluding hydrogens is 238 g/mol. The lowest BCUT2D eigenvalue weighted by atomic mass is 9.94. The molecule has 1 aliphatic carbocycles. The number of rotatable bonds is 8. The topological polar surface area (TPSA) is 12.0 Å². The minimum absolute atomic E-state index is 0.791. The van der Waals surface area contributed by atoms with Crippen LogP contribution in [-0.2, 0) is 6.42 Å². The van der Waals surface area contributed by atoms with E-state index in [0.29, 0.717) is 0 Å². The molecule has 1 atom stereocenters. The molecule has 1 fully saturated rings. The Balaban J connectivity index is 1.87. The highest BCUT2D eigenvalue weighted by atomic mass is 32.2. The number of hydrogen-bond donors (Lipinski definition) is 1. The lowest BCUT2D eigenvalue weighted by Gasteiger charge is -2.18. The maximum Gasteiger partial charge on any atom is 0.00683 e. The first kappa shape index (κ1) is 14.0. The van der Waals surface area contributed by atoms with Gasteiger partial charge in [0.15, 0.2) is 0 Å². The van der Waals surface area contributed by atoms with Gasteiger partial charge in [-0.05, 0) is 68.2 Å². The van der Waals surface area contributed by atoms with Crippen LogP contribution >= 0.6 is 11.8 Å². The quantitative estimate of drug-likeness (QED) is 0.768. The molecule has 0 aliphatic heterocycles. The summed E-state index contributed by atoms with van der Waals surface area (Å²) in [6.45, 7) is 3.43. The summed E-state index contributed by atoms with van der Waals surface area (Å²) >= 11 is 1.97. The summed E-state index contributed by atoms with van der Waals surface area (Å²) in [5.74, 6) is 2.07. The Hall–Kier alpha value is -0.470. The fourth-order valence-corrected chi connectivity index (χ4v) is 2.90. The van der Waals surface area contributed by atoms with Crippen LogP contribution in [0, 0.1) is 12.8 Å². The Kier molecular flexibility index (Phi) is 5.58. The highest BCUT2D eigenvalue weighted by Gasteiger charge is 2.22.